The van der Waals surface area contributed by atoms with Gasteiger partial charge in [-0.1, -0.05) is 0 Å². The lowest BCUT2D eigenvalue weighted by Gasteiger charge is -2.20. The van der Waals surface area contributed by atoms with Crippen molar-refractivity contribution in [3.8, 4) is 0 Å². The van der Waals surface area contributed by atoms with Gasteiger partial charge in [-0.2, -0.15) is 0 Å². The molecule has 3 nitrogen and oxygen atoms in total. The normalized spacial score (nSPS) is 10.0. The van der Waals surface area contributed by atoms with Crippen LogP contribution in [0, 0.1) is 6.92 Å². The molecule has 76 valence electrons. The highest BCUT2D eigenvalue weighted by Gasteiger charge is 2.05. The highest BCUT2D eigenvalue weighted by atomic mass is 15.1. The zero-order valence-corrected chi connectivity index (χ0v) is 8.88. The average molecular weight is 199 g/mol. The smallest absolute Gasteiger partial charge is 0.0468 e. The maximum absolute atomic E-state index is 4.08. The van der Waals surface area contributed by atoms with Gasteiger partial charge in [0.05, 0.1) is 0 Å². The third-order valence-corrected chi connectivity index (χ3v) is 2.40. The average Bonchev–Trinajstić information content (AvgIpc) is 2.30. The Morgan fingerprint density at radius 2 is 1.67 bits per heavy atom. The molecule has 0 aliphatic carbocycles. The molecule has 0 radical (unpaired) electrons. The maximum atomic E-state index is 4.08. The first kappa shape index (κ1) is 9.65. The molecule has 2 aromatic heterocycles. The molecule has 0 bridgehead atoms. The van der Waals surface area contributed by atoms with Gasteiger partial charge in [0.15, 0.2) is 0 Å². The Labute approximate surface area is 89.4 Å². The molecular formula is C12H13N3. The van der Waals surface area contributed by atoms with Crippen LogP contribution in [0.25, 0.3) is 0 Å². The maximum Gasteiger partial charge on any atom is 0.0468 e. The molecule has 0 amide bonds. The number of nitrogens with zero attached hydrogens (tertiary/aromatic N) is 3. The fourth-order valence-corrected chi connectivity index (χ4v) is 1.55. The van der Waals surface area contributed by atoms with E-state index >= 15 is 0 Å². The van der Waals surface area contributed by atoms with Crippen LogP contribution in [0.1, 0.15) is 5.56 Å². The van der Waals surface area contributed by atoms with E-state index in [-0.39, 0.29) is 0 Å². The van der Waals surface area contributed by atoms with Crippen LogP contribution in [-0.4, -0.2) is 17.0 Å². The number of hydrogen-bond acceptors (Lipinski definition) is 3. The summed E-state index contributed by atoms with van der Waals surface area (Å²) in [6, 6.07) is 5.98. The molecule has 0 fully saturated rings. The van der Waals surface area contributed by atoms with Crippen LogP contribution in [0.4, 0.5) is 11.4 Å². The van der Waals surface area contributed by atoms with Gasteiger partial charge in [-0.15, -0.1) is 0 Å². The van der Waals surface area contributed by atoms with Crippen molar-refractivity contribution >= 4 is 11.4 Å². The van der Waals surface area contributed by atoms with E-state index in [0.717, 1.165) is 16.9 Å². The minimum absolute atomic E-state index is 1.12. The van der Waals surface area contributed by atoms with Crippen molar-refractivity contribution in [2.24, 2.45) is 0 Å². The van der Waals surface area contributed by atoms with Crippen LogP contribution in [0.3, 0.4) is 0 Å². The first-order valence-electron chi connectivity index (χ1n) is 4.83. The fourth-order valence-electron chi connectivity index (χ4n) is 1.55. The number of anilines is 2. The van der Waals surface area contributed by atoms with Crippen molar-refractivity contribution in [1.29, 1.82) is 0 Å². The van der Waals surface area contributed by atoms with Crippen LogP contribution in [-0.2, 0) is 0 Å². The van der Waals surface area contributed by atoms with Crippen LogP contribution < -0.4 is 4.90 Å². The van der Waals surface area contributed by atoms with Crippen LogP contribution >= 0.6 is 0 Å². The van der Waals surface area contributed by atoms with Crippen molar-refractivity contribution in [3.63, 3.8) is 0 Å². The Morgan fingerprint density at radius 1 is 1.00 bits per heavy atom. The second-order valence-corrected chi connectivity index (χ2v) is 3.43. The standard InChI is InChI=1S/C12H13N3/c1-10-9-14-8-5-12(10)15(2)11-3-6-13-7-4-11/h3-9H,1-2H3. The highest BCUT2D eigenvalue weighted by molar-refractivity contribution is 5.64. The molecule has 0 unspecified atom stereocenters. The number of hydrogen-bond donors (Lipinski definition) is 0. The van der Waals surface area contributed by atoms with Crippen LogP contribution in [0.5, 0.6) is 0 Å². The highest BCUT2D eigenvalue weighted by Crippen LogP contribution is 2.24. The summed E-state index contributed by atoms with van der Waals surface area (Å²) in [6.07, 6.45) is 7.26. The van der Waals surface area contributed by atoms with Gasteiger partial charge >= 0.3 is 0 Å². The Bertz CT molecular complexity index is 440. The molecule has 3 heteroatoms. The van der Waals surface area contributed by atoms with Crippen LogP contribution in [0.15, 0.2) is 43.0 Å². The van der Waals surface area contributed by atoms with Crippen molar-refractivity contribution in [2.45, 2.75) is 6.92 Å². The molecule has 0 atom stereocenters. The largest absolute Gasteiger partial charge is 0.344 e. The van der Waals surface area contributed by atoms with E-state index in [1.165, 1.54) is 0 Å². The van der Waals surface area contributed by atoms with E-state index < -0.39 is 0 Å². The number of aryl methyl sites for hydroxylation is 1. The Kier molecular flexibility index (Phi) is 2.63. The molecule has 2 rings (SSSR count). The molecule has 0 aromatic carbocycles. The van der Waals surface area contributed by atoms with Gasteiger partial charge in [0.25, 0.3) is 0 Å². The Balaban J connectivity index is 2.37. The quantitative estimate of drug-likeness (QED) is 0.744. The van der Waals surface area contributed by atoms with Crippen molar-refractivity contribution < 1.29 is 0 Å². The van der Waals surface area contributed by atoms with E-state index in [0.29, 0.717) is 0 Å². The van der Waals surface area contributed by atoms with Gasteiger partial charge in [-0.25, -0.2) is 0 Å². The minimum atomic E-state index is 1.12. The lowest BCUT2D eigenvalue weighted by Crippen LogP contribution is -2.10. The third-order valence-electron chi connectivity index (χ3n) is 2.40. The molecular weight excluding hydrogens is 186 g/mol. The summed E-state index contributed by atoms with van der Waals surface area (Å²) in [7, 11) is 2.04. The van der Waals surface area contributed by atoms with Gasteiger partial charge in [0, 0.05) is 43.2 Å². The monoisotopic (exact) mass is 199 g/mol. The van der Waals surface area contributed by atoms with E-state index in [1.54, 1.807) is 18.6 Å². The van der Waals surface area contributed by atoms with Crippen molar-refractivity contribution in [2.75, 3.05) is 11.9 Å². The van der Waals surface area contributed by atoms with E-state index in [4.69, 9.17) is 0 Å². The first-order valence-corrected chi connectivity index (χ1v) is 4.83. The molecule has 15 heavy (non-hydrogen) atoms. The second kappa shape index (κ2) is 4.09. The summed E-state index contributed by atoms with van der Waals surface area (Å²) in [5.74, 6) is 0. The molecule has 0 saturated carbocycles. The lowest BCUT2D eigenvalue weighted by atomic mass is 10.2. The summed E-state index contributed by atoms with van der Waals surface area (Å²) in [4.78, 5) is 10.2. The predicted molar refractivity (Wildman–Crippen MR) is 61.3 cm³/mol. The molecule has 2 aromatic rings. The van der Waals surface area contributed by atoms with Gasteiger partial charge in [-0.3, -0.25) is 9.97 Å². The van der Waals surface area contributed by atoms with E-state index in [2.05, 4.69) is 21.8 Å². The minimum Gasteiger partial charge on any atom is -0.344 e. The third kappa shape index (κ3) is 1.96. The van der Waals surface area contributed by atoms with Crippen molar-refractivity contribution in [1.82, 2.24) is 9.97 Å². The second-order valence-electron chi connectivity index (χ2n) is 3.43. The fraction of sp³-hybridized carbons (Fsp3) is 0.167. The molecule has 2 heterocycles. The molecule has 0 saturated heterocycles. The SMILES string of the molecule is Cc1cnccc1N(C)c1ccncc1. The lowest BCUT2D eigenvalue weighted by molar-refractivity contribution is 1.14. The van der Waals surface area contributed by atoms with Gasteiger partial charge < -0.3 is 4.90 Å². The Morgan fingerprint density at radius 3 is 2.33 bits per heavy atom. The number of pyridine rings is 2. The first-order chi connectivity index (χ1) is 7.29. The zero-order chi connectivity index (χ0) is 10.7. The van der Waals surface area contributed by atoms with Crippen molar-refractivity contribution in [3.05, 3.63) is 48.5 Å². The molecule has 0 aliphatic heterocycles. The topological polar surface area (TPSA) is 29.0 Å². The zero-order valence-electron chi connectivity index (χ0n) is 8.88. The van der Waals surface area contributed by atoms with Gasteiger partial charge in [0.2, 0.25) is 0 Å². The predicted octanol–water partition coefficient (Wildman–Crippen LogP) is 2.55. The summed E-state index contributed by atoms with van der Waals surface area (Å²) in [5.41, 5.74) is 3.45. The molecule has 0 aliphatic rings. The van der Waals surface area contributed by atoms with E-state index in [1.807, 2.05) is 31.4 Å². The molecule has 0 spiro atoms. The summed E-state index contributed by atoms with van der Waals surface area (Å²) in [6.45, 7) is 2.06. The Hall–Kier alpha value is -1.90. The summed E-state index contributed by atoms with van der Waals surface area (Å²) >= 11 is 0. The number of rotatable bonds is 2. The van der Waals surface area contributed by atoms with E-state index in [9.17, 15) is 0 Å². The summed E-state index contributed by atoms with van der Waals surface area (Å²) in [5, 5.41) is 0. The summed E-state index contributed by atoms with van der Waals surface area (Å²) < 4.78 is 0. The van der Waals surface area contributed by atoms with Crippen LogP contribution in [0.2, 0.25) is 0 Å². The van der Waals surface area contributed by atoms with Gasteiger partial charge in [0.1, 0.15) is 0 Å². The molecule has 0 N–H and O–H groups in total. The number of aromatic nitrogens is 2. The van der Waals surface area contributed by atoms with Gasteiger partial charge in [-0.05, 0) is 30.7 Å².